The van der Waals surface area contributed by atoms with Crippen molar-refractivity contribution in [2.24, 2.45) is 5.92 Å². The van der Waals surface area contributed by atoms with Gasteiger partial charge < -0.3 is 9.47 Å². The molecule has 1 saturated heterocycles. The lowest BCUT2D eigenvalue weighted by Gasteiger charge is -2.17. The molecule has 0 aromatic carbocycles. The van der Waals surface area contributed by atoms with Gasteiger partial charge in [-0.2, -0.15) is 0 Å². The molecule has 0 aromatic rings. The smallest absolute Gasteiger partial charge is 0.158 e. The molecule has 1 heterocycles. The van der Waals surface area contributed by atoms with Gasteiger partial charge >= 0.3 is 0 Å². The van der Waals surface area contributed by atoms with Gasteiger partial charge in [-0.3, -0.25) is 0 Å². The number of allylic oxidation sites excluding steroid dienone is 2. The highest BCUT2D eigenvalue weighted by molar-refractivity contribution is 4.89. The number of hydrogen-bond donors (Lipinski definition) is 0. The molecule has 2 nitrogen and oxygen atoms in total. The van der Waals surface area contributed by atoms with Crippen molar-refractivity contribution in [1.82, 2.24) is 0 Å². The lowest BCUT2D eigenvalue weighted by molar-refractivity contribution is -0.0540. The normalized spacial score (nSPS) is 17.1. The highest BCUT2D eigenvalue weighted by Gasteiger charge is 2.19. The van der Waals surface area contributed by atoms with E-state index in [1.165, 1.54) is 83.5 Å². The van der Waals surface area contributed by atoms with E-state index in [1.807, 2.05) is 0 Å². The summed E-state index contributed by atoms with van der Waals surface area (Å²) in [5.74, 6) is 0.634. The van der Waals surface area contributed by atoms with Gasteiger partial charge in [0.05, 0.1) is 13.2 Å². The third-order valence-electron chi connectivity index (χ3n) is 5.00. The van der Waals surface area contributed by atoms with Gasteiger partial charge in [-0.25, -0.2) is 0 Å². The molecule has 0 spiro atoms. The average Bonchev–Trinajstić information content (AvgIpc) is 3.10. The molecule has 1 aliphatic heterocycles. The minimum atomic E-state index is 0.0456. The summed E-state index contributed by atoms with van der Waals surface area (Å²) < 4.78 is 11.3. The predicted octanol–water partition coefficient (Wildman–Crippen LogP) is 7.03. The lowest BCUT2D eigenvalue weighted by Crippen LogP contribution is -2.13. The van der Waals surface area contributed by atoms with Gasteiger partial charge in [0, 0.05) is 6.42 Å². The summed E-state index contributed by atoms with van der Waals surface area (Å²) in [4.78, 5) is 0. The fourth-order valence-electron chi connectivity index (χ4n) is 3.42. The summed E-state index contributed by atoms with van der Waals surface area (Å²) in [5, 5.41) is 0. The molecule has 0 aliphatic carbocycles. The van der Waals surface area contributed by atoms with E-state index in [2.05, 4.69) is 26.0 Å². The first-order valence-corrected chi connectivity index (χ1v) is 10.8. The van der Waals surface area contributed by atoms with Crippen molar-refractivity contribution < 1.29 is 9.47 Å². The number of ether oxygens (including phenoxy) is 2. The van der Waals surface area contributed by atoms with Crippen LogP contribution in [0.2, 0.25) is 0 Å². The number of rotatable bonds is 16. The van der Waals surface area contributed by atoms with E-state index >= 15 is 0 Å². The molecule has 1 atom stereocenters. The maximum absolute atomic E-state index is 5.66. The first kappa shape index (κ1) is 21.7. The van der Waals surface area contributed by atoms with Crippen molar-refractivity contribution in [3.8, 4) is 0 Å². The second kappa shape index (κ2) is 16.1. The summed E-state index contributed by atoms with van der Waals surface area (Å²) >= 11 is 0. The average molecular weight is 339 g/mol. The molecule has 0 saturated carbocycles. The van der Waals surface area contributed by atoms with Crippen molar-refractivity contribution >= 4 is 0 Å². The van der Waals surface area contributed by atoms with Gasteiger partial charge in [-0.05, 0) is 25.2 Å². The summed E-state index contributed by atoms with van der Waals surface area (Å²) in [6.45, 7) is 6.10. The molecule has 0 N–H and O–H groups in total. The van der Waals surface area contributed by atoms with Crippen molar-refractivity contribution in [3.63, 3.8) is 0 Å². The third kappa shape index (κ3) is 12.1. The quantitative estimate of drug-likeness (QED) is 0.222. The zero-order valence-electron chi connectivity index (χ0n) is 16.4. The zero-order chi connectivity index (χ0) is 17.3. The standard InChI is InChI=1S/C22H42O2/c1-3-5-7-9-11-13-15-17-21(20-22-23-18-19-24-22)16-14-12-10-8-6-4-2/h14,16,21-22H,3-13,15,17-20H2,1-2H3. The van der Waals surface area contributed by atoms with Gasteiger partial charge in [-0.1, -0.05) is 90.2 Å². The van der Waals surface area contributed by atoms with Crippen LogP contribution in [-0.2, 0) is 9.47 Å². The molecule has 0 bridgehead atoms. The Morgan fingerprint density at radius 1 is 0.792 bits per heavy atom. The number of unbranched alkanes of at least 4 members (excludes halogenated alkanes) is 10. The number of hydrogen-bond acceptors (Lipinski definition) is 2. The second-order valence-electron chi connectivity index (χ2n) is 7.35. The molecular formula is C22H42O2. The minimum Gasteiger partial charge on any atom is -0.350 e. The lowest BCUT2D eigenvalue weighted by atomic mass is 9.95. The van der Waals surface area contributed by atoms with Crippen LogP contribution in [0.3, 0.4) is 0 Å². The SMILES string of the molecule is CCCCCCC=CC(CCCCCCCCC)CC1OCCO1. The van der Waals surface area contributed by atoms with Gasteiger partial charge in [0.2, 0.25) is 0 Å². The van der Waals surface area contributed by atoms with E-state index in [9.17, 15) is 0 Å². The van der Waals surface area contributed by atoms with E-state index in [0.717, 1.165) is 19.6 Å². The van der Waals surface area contributed by atoms with E-state index in [0.29, 0.717) is 5.92 Å². The topological polar surface area (TPSA) is 18.5 Å². The Morgan fingerprint density at radius 3 is 2.04 bits per heavy atom. The van der Waals surface area contributed by atoms with Crippen LogP contribution in [0.15, 0.2) is 12.2 Å². The van der Waals surface area contributed by atoms with Crippen LogP contribution in [-0.4, -0.2) is 19.5 Å². The van der Waals surface area contributed by atoms with Crippen LogP contribution >= 0.6 is 0 Å². The molecule has 1 rings (SSSR count). The largest absolute Gasteiger partial charge is 0.350 e. The van der Waals surface area contributed by atoms with Crippen LogP contribution in [0.1, 0.15) is 104 Å². The van der Waals surface area contributed by atoms with Gasteiger partial charge in [0.15, 0.2) is 6.29 Å². The van der Waals surface area contributed by atoms with E-state index in [1.54, 1.807) is 0 Å². The molecule has 24 heavy (non-hydrogen) atoms. The molecule has 1 fully saturated rings. The van der Waals surface area contributed by atoms with E-state index < -0.39 is 0 Å². The van der Waals surface area contributed by atoms with Crippen LogP contribution in [0, 0.1) is 5.92 Å². The predicted molar refractivity (Wildman–Crippen MR) is 104 cm³/mol. The first-order valence-electron chi connectivity index (χ1n) is 10.8. The molecular weight excluding hydrogens is 296 g/mol. The molecule has 2 heteroatoms. The van der Waals surface area contributed by atoms with E-state index in [-0.39, 0.29) is 6.29 Å². The fraction of sp³-hybridized carbons (Fsp3) is 0.909. The highest BCUT2D eigenvalue weighted by atomic mass is 16.7. The Labute approximate surface area is 151 Å². The van der Waals surface area contributed by atoms with Crippen molar-refractivity contribution in [2.75, 3.05) is 13.2 Å². The first-order chi connectivity index (χ1) is 11.9. The fourth-order valence-corrected chi connectivity index (χ4v) is 3.42. The Morgan fingerprint density at radius 2 is 1.38 bits per heavy atom. The zero-order valence-corrected chi connectivity index (χ0v) is 16.4. The Hall–Kier alpha value is -0.340. The summed E-state index contributed by atoms with van der Waals surface area (Å²) in [6, 6.07) is 0. The van der Waals surface area contributed by atoms with Crippen molar-refractivity contribution in [2.45, 2.75) is 110 Å². The monoisotopic (exact) mass is 338 g/mol. The van der Waals surface area contributed by atoms with Crippen LogP contribution in [0.25, 0.3) is 0 Å². The minimum absolute atomic E-state index is 0.0456. The van der Waals surface area contributed by atoms with Crippen molar-refractivity contribution in [3.05, 3.63) is 12.2 Å². The van der Waals surface area contributed by atoms with Crippen LogP contribution < -0.4 is 0 Å². The molecule has 0 aromatic heterocycles. The highest BCUT2D eigenvalue weighted by Crippen LogP contribution is 2.22. The van der Waals surface area contributed by atoms with Gasteiger partial charge in [0.1, 0.15) is 0 Å². The Bertz CT molecular complexity index is 282. The van der Waals surface area contributed by atoms with E-state index in [4.69, 9.17) is 9.47 Å². The van der Waals surface area contributed by atoms with Crippen molar-refractivity contribution in [1.29, 1.82) is 0 Å². The summed E-state index contributed by atoms with van der Waals surface area (Å²) in [6.07, 6.45) is 23.6. The summed E-state index contributed by atoms with van der Waals surface area (Å²) in [5.41, 5.74) is 0. The molecule has 0 radical (unpaired) electrons. The molecule has 1 aliphatic rings. The molecule has 1 unspecified atom stereocenters. The third-order valence-corrected chi connectivity index (χ3v) is 5.00. The van der Waals surface area contributed by atoms with Gasteiger partial charge in [-0.15, -0.1) is 0 Å². The van der Waals surface area contributed by atoms with Crippen LogP contribution in [0.4, 0.5) is 0 Å². The molecule has 142 valence electrons. The van der Waals surface area contributed by atoms with Gasteiger partial charge in [0.25, 0.3) is 0 Å². The summed E-state index contributed by atoms with van der Waals surface area (Å²) in [7, 11) is 0. The Balaban J connectivity index is 2.17. The molecule has 0 amide bonds. The van der Waals surface area contributed by atoms with Crippen LogP contribution in [0.5, 0.6) is 0 Å². The maximum Gasteiger partial charge on any atom is 0.158 e. The Kier molecular flexibility index (Phi) is 14.6. The maximum atomic E-state index is 5.66. The second-order valence-corrected chi connectivity index (χ2v) is 7.35.